The van der Waals surface area contributed by atoms with Crippen molar-refractivity contribution in [3.05, 3.63) is 65.2 Å². The van der Waals surface area contributed by atoms with Crippen LogP contribution in [0.5, 0.6) is 5.75 Å². The van der Waals surface area contributed by atoms with Gasteiger partial charge in [-0.25, -0.2) is 0 Å². The molecule has 3 fully saturated rings. The average Bonchev–Trinajstić information content (AvgIpc) is 3.49. The van der Waals surface area contributed by atoms with Gasteiger partial charge in [0, 0.05) is 5.92 Å². The Morgan fingerprint density at radius 1 is 1.00 bits per heavy atom. The van der Waals surface area contributed by atoms with Crippen molar-refractivity contribution in [1.29, 1.82) is 0 Å². The Hall–Kier alpha value is -2.05. The standard InChI is InChI=1S/C24H26F3NO2/c25-24(26,27)30-19-9-10-20(16-7-8-16)21(13-19)18-14-23(29-15-18)11-4-12-28-22(23)17-5-2-1-3-6-17/h1-3,5-6,9-10,13,16,18,22,28H,4,7-8,11-12,14-15H2/t18-,22-,23+/m0/s1. The van der Waals surface area contributed by atoms with Crippen molar-refractivity contribution in [2.75, 3.05) is 13.2 Å². The highest BCUT2D eigenvalue weighted by atomic mass is 19.4. The average molecular weight is 417 g/mol. The number of nitrogens with one attached hydrogen (secondary N) is 1. The number of piperidine rings is 1. The number of benzene rings is 2. The predicted molar refractivity (Wildman–Crippen MR) is 108 cm³/mol. The number of alkyl halides is 3. The number of ether oxygens (including phenoxy) is 2. The summed E-state index contributed by atoms with van der Waals surface area (Å²) in [6, 6.07) is 15.3. The molecule has 0 aromatic heterocycles. The van der Waals surface area contributed by atoms with Crippen LogP contribution in [-0.2, 0) is 4.74 Å². The first kappa shape index (κ1) is 19.9. The zero-order valence-corrected chi connectivity index (χ0v) is 16.8. The monoisotopic (exact) mass is 417 g/mol. The van der Waals surface area contributed by atoms with Gasteiger partial charge >= 0.3 is 6.36 Å². The van der Waals surface area contributed by atoms with Crippen LogP contribution in [0.15, 0.2) is 48.5 Å². The quantitative estimate of drug-likeness (QED) is 0.679. The molecule has 1 aliphatic carbocycles. The fourth-order valence-electron chi connectivity index (χ4n) is 5.28. The molecule has 0 amide bonds. The molecule has 2 aromatic carbocycles. The van der Waals surface area contributed by atoms with E-state index in [4.69, 9.17) is 4.74 Å². The zero-order chi connectivity index (χ0) is 20.8. The number of rotatable bonds is 4. The van der Waals surface area contributed by atoms with E-state index >= 15 is 0 Å². The van der Waals surface area contributed by atoms with Crippen LogP contribution in [0.4, 0.5) is 13.2 Å². The van der Waals surface area contributed by atoms with E-state index < -0.39 is 6.36 Å². The smallest absolute Gasteiger partial charge is 0.406 e. The van der Waals surface area contributed by atoms with Gasteiger partial charge in [0.05, 0.1) is 18.2 Å². The predicted octanol–water partition coefficient (Wildman–Crippen LogP) is 5.83. The van der Waals surface area contributed by atoms with E-state index in [0.717, 1.165) is 49.8 Å². The van der Waals surface area contributed by atoms with Gasteiger partial charge in [0.2, 0.25) is 0 Å². The fourth-order valence-corrected chi connectivity index (χ4v) is 5.28. The first-order chi connectivity index (χ1) is 14.4. The van der Waals surface area contributed by atoms with E-state index in [9.17, 15) is 13.2 Å². The van der Waals surface area contributed by atoms with Gasteiger partial charge in [-0.15, -0.1) is 13.2 Å². The van der Waals surface area contributed by atoms with Crippen LogP contribution in [0, 0.1) is 0 Å². The Labute approximate surface area is 174 Å². The van der Waals surface area contributed by atoms with Gasteiger partial charge < -0.3 is 14.8 Å². The van der Waals surface area contributed by atoms with Crippen LogP contribution >= 0.6 is 0 Å². The minimum atomic E-state index is -4.68. The molecular formula is C24H26F3NO2. The second-order valence-electron chi connectivity index (χ2n) is 8.79. The molecule has 2 heterocycles. The third-order valence-corrected chi connectivity index (χ3v) is 6.70. The molecule has 3 aliphatic rings. The first-order valence-electron chi connectivity index (χ1n) is 10.8. The second kappa shape index (κ2) is 7.57. The molecule has 3 atom stereocenters. The van der Waals surface area contributed by atoms with Gasteiger partial charge in [-0.2, -0.15) is 0 Å². The Balaban J connectivity index is 1.45. The number of hydrogen-bond donors (Lipinski definition) is 1. The summed E-state index contributed by atoms with van der Waals surface area (Å²) in [5, 5.41) is 3.63. The normalized spacial score (nSPS) is 29.3. The summed E-state index contributed by atoms with van der Waals surface area (Å²) in [5.74, 6) is 0.388. The minimum Gasteiger partial charge on any atom is -0.406 e. The van der Waals surface area contributed by atoms with Crippen molar-refractivity contribution in [3.63, 3.8) is 0 Å². The lowest BCUT2D eigenvalue weighted by atomic mass is 9.76. The van der Waals surface area contributed by atoms with Crippen LogP contribution in [-0.4, -0.2) is 25.1 Å². The molecule has 0 bridgehead atoms. The zero-order valence-electron chi connectivity index (χ0n) is 16.8. The van der Waals surface area contributed by atoms with Crippen LogP contribution in [0.1, 0.15) is 66.7 Å². The van der Waals surface area contributed by atoms with Gasteiger partial charge in [-0.1, -0.05) is 36.4 Å². The molecule has 6 heteroatoms. The third kappa shape index (κ3) is 3.95. The summed E-state index contributed by atoms with van der Waals surface area (Å²) in [7, 11) is 0. The molecule has 160 valence electrons. The maximum atomic E-state index is 12.8. The molecule has 1 N–H and O–H groups in total. The molecular weight excluding hydrogens is 391 g/mol. The molecule has 2 aliphatic heterocycles. The Morgan fingerprint density at radius 3 is 2.53 bits per heavy atom. The summed E-state index contributed by atoms with van der Waals surface area (Å²) in [5.41, 5.74) is 3.00. The van der Waals surface area contributed by atoms with Crippen molar-refractivity contribution < 1.29 is 22.6 Å². The van der Waals surface area contributed by atoms with E-state index in [1.165, 1.54) is 11.6 Å². The summed E-state index contributed by atoms with van der Waals surface area (Å²) < 4.78 is 49.1. The van der Waals surface area contributed by atoms with Gasteiger partial charge in [-0.3, -0.25) is 0 Å². The summed E-state index contributed by atoms with van der Waals surface area (Å²) >= 11 is 0. The van der Waals surface area contributed by atoms with E-state index in [2.05, 4.69) is 22.2 Å². The topological polar surface area (TPSA) is 30.5 Å². The second-order valence-corrected chi connectivity index (χ2v) is 8.79. The SMILES string of the molecule is FC(F)(F)Oc1ccc(C2CC2)c([C@@H]2CO[C@]3(CCCN[C@H]3c3ccccc3)C2)c1. The Bertz CT molecular complexity index is 897. The minimum absolute atomic E-state index is 0.0727. The van der Waals surface area contributed by atoms with Crippen molar-refractivity contribution in [2.24, 2.45) is 0 Å². The molecule has 2 saturated heterocycles. The number of hydrogen-bond acceptors (Lipinski definition) is 3. The number of halogens is 3. The molecule has 0 unspecified atom stereocenters. The van der Waals surface area contributed by atoms with E-state index in [0.29, 0.717) is 12.5 Å². The van der Waals surface area contributed by atoms with Crippen LogP contribution in [0.2, 0.25) is 0 Å². The highest BCUT2D eigenvalue weighted by molar-refractivity contribution is 5.43. The highest BCUT2D eigenvalue weighted by Crippen LogP contribution is 2.51. The van der Waals surface area contributed by atoms with Gasteiger partial charge in [0.15, 0.2) is 0 Å². The molecule has 30 heavy (non-hydrogen) atoms. The van der Waals surface area contributed by atoms with E-state index in [-0.39, 0.29) is 23.3 Å². The Kier molecular flexibility index (Phi) is 5.02. The van der Waals surface area contributed by atoms with Crippen LogP contribution in [0.3, 0.4) is 0 Å². The maximum absolute atomic E-state index is 12.8. The van der Waals surface area contributed by atoms with Crippen molar-refractivity contribution in [1.82, 2.24) is 5.32 Å². The summed E-state index contributed by atoms with van der Waals surface area (Å²) in [6.45, 7) is 1.47. The maximum Gasteiger partial charge on any atom is 0.573 e. The lowest BCUT2D eigenvalue weighted by Gasteiger charge is -2.41. The third-order valence-electron chi connectivity index (χ3n) is 6.70. The highest BCUT2D eigenvalue weighted by Gasteiger charge is 2.49. The molecule has 1 saturated carbocycles. The summed E-state index contributed by atoms with van der Waals surface area (Å²) in [4.78, 5) is 0. The Morgan fingerprint density at radius 2 is 1.80 bits per heavy atom. The van der Waals surface area contributed by atoms with E-state index in [1.54, 1.807) is 6.07 Å². The van der Waals surface area contributed by atoms with Crippen molar-refractivity contribution in [2.45, 2.75) is 61.9 Å². The first-order valence-corrected chi connectivity index (χ1v) is 10.8. The van der Waals surface area contributed by atoms with Gasteiger partial charge in [0.25, 0.3) is 0 Å². The van der Waals surface area contributed by atoms with Crippen molar-refractivity contribution in [3.8, 4) is 5.75 Å². The molecule has 2 aromatic rings. The lowest BCUT2D eigenvalue weighted by molar-refractivity contribution is -0.274. The van der Waals surface area contributed by atoms with Crippen LogP contribution in [0.25, 0.3) is 0 Å². The lowest BCUT2D eigenvalue weighted by Crippen LogP contribution is -2.48. The summed E-state index contributed by atoms with van der Waals surface area (Å²) in [6.07, 6.45) is 0.293. The molecule has 1 spiro atoms. The van der Waals surface area contributed by atoms with Crippen LogP contribution < -0.4 is 10.1 Å². The largest absolute Gasteiger partial charge is 0.573 e. The molecule has 0 radical (unpaired) electrons. The van der Waals surface area contributed by atoms with Crippen molar-refractivity contribution >= 4 is 0 Å². The molecule has 5 rings (SSSR count). The fraction of sp³-hybridized carbons (Fsp3) is 0.500. The van der Waals surface area contributed by atoms with E-state index in [1.807, 2.05) is 24.3 Å². The van der Waals surface area contributed by atoms with Gasteiger partial charge in [-0.05, 0) is 73.4 Å². The van der Waals surface area contributed by atoms with Gasteiger partial charge in [0.1, 0.15) is 5.75 Å². The molecule has 3 nitrogen and oxygen atoms in total.